The number of sulfonamides is 1. The minimum absolute atomic E-state index is 0.107. The van der Waals surface area contributed by atoms with E-state index in [0.717, 1.165) is 19.3 Å². The van der Waals surface area contributed by atoms with Gasteiger partial charge in [-0.25, -0.2) is 13.1 Å². The van der Waals surface area contributed by atoms with Crippen molar-refractivity contribution in [3.05, 3.63) is 48.8 Å². The van der Waals surface area contributed by atoms with Gasteiger partial charge in [0.25, 0.3) is 5.91 Å². The van der Waals surface area contributed by atoms with Crippen LogP contribution in [0.1, 0.15) is 19.3 Å². The van der Waals surface area contributed by atoms with Gasteiger partial charge in [-0.2, -0.15) is 4.31 Å². The molecular weight excluding hydrogens is 448 g/mol. The Kier molecular flexibility index (Phi) is 6.84. The number of methoxy groups -OCH3 is 1. The van der Waals surface area contributed by atoms with Crippen LogP contribution in [0.15, 0.2) is 53.7 Å². The second-order valence-electron chi connectivity index (χ2n) is 7.42. The lowest BCUT2D eigenvalue weighted by Crippen LogP contribution is -2.35. The fraction of sp³-hybridized carbons (Fsp3) is 0.333. The maximum atomic E-state index is 13.0. The third-order valence-electron chi connectivity index (χ3n) is 5.20. The first-order chi connectivity index (χ1) is 16.0. The largest absolute Gasteiger partial charge is 0.495 e. The molecule has 0 radical (unpaired) electrons. The van der Waals surface area contributed by atoms with Gasteiger partial charge >= 0.3 is 0 Å². The van der Waals surface area contributed by atoms with E-state index in [9.17, 15) is 13.2 Å². The first-order valence-electron chi connectivity index (χ1n) is 10.4. The van der Waals surface area contributed by atoms with Crippen molar-refractivity contribution in [2.45, 2.75) is 24.2 Å². The maximum absolute atomic E-state index is 13.0. The Hall–Kier alpha value is -3.51. The normalized spacial score (nSPS) is 14.6. The van der Waals surface area contributed by atoms with Crippen molar-refractivity contribution >= 4 is 21.6 Å². The summed E-state index contributed by atoms with van der Waals surface area (Å²) in [4.78, 5) is 12.6. The first kappa shape index (κ1) is 22.7. The van der Waals surface area contributed by atoms with Crippen LogP contribution in [0.5, 0.6) is 11.5 Å². The zero-order valence-corrected chi connectivity index (χ0v) is 18.9. The topological polar surface area (TPSA) is 129 Å². The number of anilines is 1. The van der Waals surface area contributed by atoms with E-state index in [2.05, 4.69) is 20.8 Å². The summed E-state index contributed by atoms with van der Waals surface area (Å²) in [6, 6.07) is 11.4. The third-order valence-corrected chi connectivity index (χ3v) is 7.09. The molecule has 0 aliphatic carbocycles. The Morgan fingerprint density at radius 3 is 2.67 bits per heavy atom. The van der Waals surface area contributed by atoms with Crippen LogP contribution in [0, 0.1) is 0 Å². The molecule has 1 aliphatic rings. The van der Waals surface area contributed by atoms with Crippen LogP contribution in [0.3, 0.4) is 0 Å². The molecule has 0 unspecified atom stereocenters. The Balaban J connectivity index is 1.45. The van der Waals surface area contributed by atoms with Gasteiger partial charge in [0.05, 0.1) is 23.4 Å². The highest BCUT2D eigenvalue weighted by Crippen LogP contribution is 2.30. The van der Waals surface area contributed by atoms with E-state index in [1.165, 1.54) is 40.6 Å². The van der Waals surface area contributed by atoms with E-state index >= 15 is 0 Å². The quantitative estimate of drug-likeness (QED) is 0.526. The molecule has 3 aromatic rings. The predicted molar refractivity (Wildman–Crippen MR) is 119 cm³/mol. The molecule has 1 fully saturated rings. The number of carbonyl (C=O) groups excluding carboxylic acids is 1. The monoisotopic (exact) mass is 472 g/mol. The molecule has 12 heteroatoms. The van der Waals surface area contributed by atoms with Gasteiger partial charge in [-0.15, -0.1) is 5.10 Å². The summed E-state index contributed by atoms with van der Waals surface area (Å²) in [6.07, 6.45) is 4.15. The molecule has 11 nitrogen and oxygen atoms in total. The molecule has 0 spiro atoms. The van der Waals surface area contributed by atoms with Gasteiger partial charge in [-0.1, -0.05) is 12.5 Å². The smallest absolute Gasteiger partial charge is 0.262 e. The summed E-state index contributed by atoms with van der Waals surface area (Å²) < 4.78 is 39.8. The number of amides is 1. The Morgan fingerprint density at radius 1 is 1.12 bits per heavy atom. The Labute approximate surface area is 191 Å². The zero-order valence-electron chi connectivity index (χ0n) is 18.0. The first-order valence-corrected chi connectivity index (χ1v) is 11.9. The van der Waals surface area contributed by atoms with Crippen LogP contribution in [0.4, 0.5) is 5.69 Å². The number of carbonyl (C=O) groups is 1. The number of nitrogens with one attached hydrogen (secondary N) is 1. The van der Waals surface area contributed by atoms with Crippen molar-refractivity contribution in [1.29, 1.82) is 0 Å². The second kappa shape index (κ2) is 9.96. The average Bonchev–Trinajstić information content (AvgIpc) is 3.39. The van der Waals surface area contributed by atoms with Gasteiger partial charge < -0.3 is 14.8 Å². The summed E-state index contributed by atoms with van der Waals surface area (Å²) in [5, 5.41) is 13.7. The summed E-state index contributed by atoms with van der Waals surface area (Å²) in [6.45, 7) is 0.701. The van der Waals surface area contributed by atoms with Crippen LogP contribution in [-0.2, 0) is 14.8 Å². The van der Waals surface area contributed by atoms with Crippen LogP contribution >= 0.6 is 0 Å². The molecule has 2 heterocycles. The number of aromatic nitrogens is 4. The lowest BCUT2D eigenvalue weighted by atomic mass is 10.2. The van der Waals surface area contributed by atoms with Crippen molar-refractivity contribution in [3.63, 3.8) is 0 Å². The van der Waals surface area contributed by atoms with Crippen molar-refractivity contribution in [3.8, 4) is 17.2 Å². The highest BCUT2D eigenvalue weighted by molar-refractivity contribution is 7.89. The second-order valence-corrected chi connectivity index (χ2v) is 9.35. The maximum Gasteiger partial charge on any atom is 0.262 e. The lowest BCUT2D eigenvalue weighted by molar-refractivity contribution is -0.118. The van der Waals surface area contributed by atoms with Gasteiger partial charge in [0, 0.05) is 19.2 Å². The Bertz CT molecular complexity index is 1210. The van der Waals surface area contributed by atoms with Crippen molar-refractivity contribution in [1.82, 2.24) is 24.5 Å². The zero-order chi connectivity index (χ0) is 23.3. The highest BCUT2D eigenvalue weighted by Gasteiger charge is 2.27. The van der Waals surface area contributed by atoms with Gasteiger partial charge in [-0.05, 0) is 53.6 Å². The van der Waals surface area contributed by atoms with Gasteiger partial charge in [0.2, 0.25) is 10.0 Å². The number of hydrogen-bond acceptors (Lipinski definition) is 8. The standard InChI is InChI=1S/C21H24N6O5S/c1-31-20-9-8-18(33(29,30)26-10-3-2-4-11-26)13-19(20)23-21(28)14-32-17-7-5-6-16(12-17)27-15-22-24-25-27/h5-9,12-13,15H,2-4,10-11,14H2,1H3,(H,23,28). The van der Waals surface area contributed by atoms with Crippen LogP contribution < -0.4 is 14.8 Å². The number of piperidine rings is 1. The number of benzene rings is 2. The van der Waals surface area contributed by atoms with Gasteiger partial charge in [0.1, 0.15) is 17.8 Å². The van der Waals surface area contributed by atoms with Crippen molar-refractivity contribution < 1.29 is 22.7 Å². The summed E-state index contributed by atoms with van der Waals surface area (Å²) in [7, 11) is -2.20. The van der Waals surface area contributed by atoms with Crippen molar-refractivity contribution in [2.24, 2.45) is 0 Å². The number of nitrogens with zero attached hydrogens (tertiary/aromatic N) is 5. The molecule has 1 saturated heterocycles. The third kappa shape index (κ3) is 5.29. The SMILES string of the molecule is COc1ccc(S(=O)(=O)N2CCCCC2)cc1NC(=O)COc1cccc(-n2cnnn2)c1. The molecule has 33 heavy (non-hydrogen) atoms. The molecule has 2 aromatic carbocycles. The minimum atomic E-state index is -3.65. The van der Waals surface area contributed by atoms with E-state index in [1.807, 2.05) is 0 Å². The predicted octanol–water partition coefficient (Wildman–Crippen LogP) is 1.86. The van der Waals surface area contributed by atoms with E-state index < -0.39 is 15.9 Å². The molecule has 0 atom stereocenters. The summed E-state index contributed by atoms with van der Waals surface area (Å²) >= 11 is 0. The molecular formula is C21H24N6O5S. The lowest BCUT2D eigenvalue weighted by Gasteiger charge is -2.26. The minimum Gasteiger partial charge on any atom is -0.495 e. The number of ether oxygens (including phenoxy) is 2. The number of rotatable bonds is 8. The molecule has 1 aliphatic heterocycles. The van der Waals surface area contributed by atoms with Gasteiger partial charge in [-0.3, -0.25) is 4.79 Å². The van der Waals surface area contributed by atoms with Gasteiger partial charge in [0.15, 0.2) is 6.61 Å². The van der Waals surface area contributed by atoms with Crippen molar-refractivity contribution in [2.75, 3.05) is 32.1 Å². The van der Waals surface area contributed by atoms with E-state index in [0.29, 0.717) is 30.3 Å². The molecule has 1 aromatic heterocycles. The molecule has 0 saturated carbocycles. The highest BCUT2D eigenvalue weighted by atomic mass is 32.2. The molecule has 1 amide bonds. The van der Waals surface area contributed by atoms with E-state index in [1.54, 1.807) is 24.3 Å². The van der Waals surface area contributed by atoms with Crippen LogP contribution in [0.25, 0.3) is 5.69 Å². The summed E-state index contributed by atoms with van der Waals surface area (Å²) in [5.41, 5.74) is 0.932. The van der Waals surface area contributed by atoms with E-state index in [-0.39, 0.29) is 17.2 Å². The fourth-order valence-corrected chi connectivity index (χ4v) is 5.07. The molecule has 1 N–H and O–H groups in total. The van der Waals surface area contributed by atoms with E-state index in [4.69, 9.17) is 9.47 Å². The Morgan fingerprint density at radius 2 is 1.94 bits per heavy atom. The number of tetrazole rings is 1. The molecule has 4 rings (SSSR count). The molecule has 0 bridgehead atoms. The fourth-order valence-electron chi connectivity index (χ4n) is 3.53. The summed E-state index contributed by atoms with van der Waals surface area (Å²) in [5.74, 6) is 0.335. The molecule has 174 valence electrons. The van der Waals surface area contributed by atoms with Crippen LogP contribution in [-0.4, -0.2) is 65.6 Å². The van der Waals surface area contributed by atoms with Crippen LogP contribution in [0.2, 0.25) is 0 Å². The number of hydrogen-bond donors (Lipinski definition) is 1. The average molecular weight is 473 g/mol.